The van der Waals surface area contributed by atoms with Crippen LogP contribution in [-0.2, 0) is 23.7 Å². The third-order valence-corrected chi connectivity index (χ3v) is 17.9. The SMILES string of the molecule is CC1OC(OC2CCC3(C)C(CCC4(C)C3C=CC35OCC6(CCC(C)(C)CC63)C(O)CC45C)C2(C)CO)C(OC2OC(CO)C(O)C(O)C2O)C(O)C1O. The lowest BCUT2D eigenvalue weighted by Crippen LogP contribution is -2.72. The molecule has 4 saturated carbocycles. The Morgan fingerprint density at radius 3 is 2.15 bits per heavy atom. The lowest BCUT2D eigenvalue weighted by molar-refractivity contribution is -0.376. The molecular formula is C42H68O13. The Bertz CT molecular complexity index is 1490. The summed E-state index contributed by atoms with van der Waals surface area (Å²) >= 11 is 0. The van der Waals surface area contributed by atoms with E-state index in [1.54, 1.807) is 6.92 Å². The third-order valence-electron chi connectivity index (χ3n) is 17.9. The first kappa shape index (κ1) is 41.0. The molecule has 3 saturated heterocycles. The van der Waals surface area contributed by atoms with Crippen LogP contribution in [0.4, 0.5) is 0 Å². The Morgan fingerprint density at radius 2 is 1.45 bits per heavy atom. The molecule has 2 bridgehead atoms. The molecule has 8 N–H and O–H groups in total. The summed E-state index contributed by atoms with van der Waals surface area (Å²) in [5, 5.41) is 86.9. The van der Waals surface area contributed by atoms with Crippen LogP contribution < -0.4 is 0 Å². The molecular weight excluding hydrogens is 712 g/mol. The average Bonchev–Trinajstić information content (AvgIpc) is 3.41. The van der Waals surface area contributed by atoms with Crippen LogP contribution in [-0.4, -0.2) is 140 Å². The maximum absolute atomic E-state index is 12.1. The van der Waals surface area contributed by atoms with Crippen molar-refractivity contribution < 1.29 is 64.5 Å². The summed E-state index contributed by atoms with van der Waals surface area (Å²) in [4.78, 5) is 0. The second-order valence-electron chi connectivity index (χ2n) is 21.0. The smallest absolute Gasteiger partial charge is 0.187 e. The van der Waals surface area contributed by atoms with E-state index in [2.05, 4.69) is 53.7 Å². The van der Waals surface area contributed by atoms with Gasteiger partial charge in [-0.3, -0.25) is 0 Å². The molecule has 21 unspecified atom stereocenters. The molecule has 7 fully saturated rings. The Balaban J connectivity index is 1.08. The van der Waals surface area contributed by atoms with Crippen LogP contribution in [0.25, 0.3) is 0 Å². The van der Waals surface area contributed by atoms with Crippen LogP contribution >= 0.6 is 0 Å². The molecule has 0 aromatic heterocycles. The molecule has 3 aliphatic heterocycles. The molecule has 8 aliphatic rings. The van der Waals surface area contributed by atoms with Crippen molar-refractivity contribution in [3.05, 3.63) is 12.2 Å². The first-order valence-corrected chi connectivity index (χ1v) is 20.9. The highest BCUT2D eigenvalue weighted by Crippen LogP contribution is 2.79. The fourth-order valence-electron chi connectivity index (χ4n) is 14.3. The first-order valence-electron chi connectivity index (χ1n) is 20.9. The maximum Gasteiger partial charge on any atom is 0.187 e. The summed E-state index contributed by atoms with van der Waals surface area (Å²) in [7, 11) is 0. The standard InChI is InChI=1S/C42H68O13/c1-21-28(46)31(49)33(55-34-32(50)30(48)29(47)22(18-43)53-34)35(52-21)54-27-10-11-37(4)23(38(27,5)19-44)8-12-39(6)24(37)9-13-42-25-16-36(2,3)14-15-41(25,20-51-42)26(45)17-40(39,42)7/h9,13,21-35,43-50H,8,10-12,14-20H2,1-7H3. The molecule has 314 valence electrons. The van der Waals surface area contributed by atoms with Crippen molar-refractivity contribution in [1.29, 1.82) is 0 Å². The van der Waals surface area contributed by atoms with Gasteiger partial charge in [-0.05, 0) is 86.4 Å². The number of ether oxygens (including phenoxy) is 5. The molecule has 13 heteroatoms. The van der Waals surface area contributed by atoms with Crippen molar-refractivity contribution in [3.63, 3.8) is 0 Å². The largest absolute Gasteiger partial charge is 0.396 e. The highest BCUT2D eigenvalue weighted by atomic mass is 16.8. The lowest BCUT2D eigenvalue weighted by Gasteiger charge is -2.73. The van der Waals surface area contributed by atoms with Gasteiger partial charge in [0.25, 0.3) is 0 Å². The van der Waals surface area contributed by atoms with Crippen molar-refractivity contribution in [2.24, 2.45) is 50.2 Å². The molecule has 0 amide bonds. The zero-order valence-electron chi connectivity index (χ0n) is 33.7. The highest BCUT2D eigenvalue weighted by molar-refractivity contribution is 5.36. The molecule has 0 aromatic rings. The quantitative estimate of drug-likeness (QED) is 0.143. The number of fused-ring (bicyclic) bond motifs is 4. The van der Waals surface area contributed by atoms with Gasteiger partial charge in [-0.15, -0.1) is 0 Å². The van der Waals surface area contributed by atoms with Crippen LogP contribution in [0.15, 0.2) is 12.2 Å². The van der Waals surface area contributed by atoms with Gasteiger partial charge in [0.05, 0.1) is 43.7 Å². The zero-order valence-corrected chi connectivity index (χ0v) is 33.7. The highest BCUT2D eigenvalue weighted by Gasteiger charge is 2.79. The number of rotatable bonds is 6. The lowest BCUT2D eigenvalue weighted by atomic mass is 9.32. The van der Waals surface area contributed by atoms with E-state index in [4.69, 9.17) is 23.7 Å². The van der Waals surface area contributed by atoms with E-state index < -0.39 is 91.2 Å². The summed E-state index contributed by atoms with van der Waals surface area (Å²) in [5.41, 5.74) is -1.97. The van der Waals surface area contributed by atoms with E-state index in [-0.39, 0.29) is 51.4 Å². The van der Waals surface area contributed by atoms with Crippen molar-refractivity contribution in [2.45, 2.75) is 179 Å². The predicted molar refractivity (Wildman–Crippen MR) is 197 cm³/mol. The van der Waals surface area contributed by atoms with Crippen LogP contribution in [0.1, 0.15) is 99.8 Å². The Morgan fingerprint density at radius 1 is 0.727 bits per heavy atom. The van der Waals surface area contributed by atoms with Gasteiger partial charge in [-0.25, -0.2) is 0 Å². The van der Waals surface area contributed by atoms with Gasteiger partial charge in [-0.1, -0.05) is 53.7 Å². The van der Waals surface area contributed by atoms with E-state index >= 15 is 0 Å². The summed E-state index contributed by atoms with van der Waals surface area (Å²) in [5.74, 6) is 0.414. The van der Waals surface area contributed by atoms with E-state index in [0.29, 0.717) is 19.4 Å². The van der Waals surface area contributed by atoms with E-state index in [9.17, 15) is 40.9 Å². The van der Waals surface area contributed by atoms with Crippen LogP contribution in [0.5, 0.6) is 0 Å². The fourth-order valence-corrected chi connectivity index (χ4v) is 14.3. The number of aliphatic hydroxyl groups excluding tert-OH is 8. The Kier molecular flexibility index (Phi) is 9.95. The second kappa shape index (κ2) is 13.4. The topological polar surface area (TPSA) is 208 Å². The summed E-state index contributed by atoms with van der Waals surface area (Å²) in [6, 6.07) is 0. The van der Waals surface area contributed by atoms with Gasteiger partial charge < -0.3 is 64.5 Å². The molecule has 55 heavy (non-hydrogen) atoms. The Labute approximate surface area is 325 Å². The van der Waals surface area contributed by atoms with Gasteiger partial charge in [0.2, 0.25) is 0 Å². The number of hydrogen-bond donors (Lipinski definition) is 8. The normalized spacial score (nSPS) is 59.7. The van der Waals surface area contributed by atoms with Crippen molar-refractivity contribution in [2.75, 3.05) is 19.8 Å². The van der Waals surface area contributed by atoms with Crippen LogP contribution in [0.2, 0.25) is 0 Å². The summed E-state index contributed by atoms with van der Waals surface area (Å²) < 4.78 is 31.6. The molecule has 1 spiro atoms. The average molecular weight is 781 g/mol. The minimum absolute atomic E-state index is 0.0242. The van der Waals surface area contributed by atoms with Crippen molar-refractivity contribution in [1.82, 2.24) is 0 Å². The number of hydrogen-bond acceptors (Lipinski definition) is 13. The Hall–Kier alpha value is -0.780. The molecule has 21 atom stereocenters. The maximum atomic E-state index is 12.1. The van der Waals surface area contributed by atoms with Gasteiger partial charge >= 0.3 is 0 Å². The van der Waals surface area contributed by atoms with Crippen LogP contribution in [0.3, 0.4) is 0 Å². The van der Waals surface area contributed by atoms with Gasteiger partial charge in [0.1, 0.15) is 42.7 Å². The van der Waals surface area contributed by atoms with E-state index in [1.165, 1.54) is 0 Å². The number of allylic oxidation sites excluding steroid dienone is 1. The monoisotopic (exact) mass is 780 g/mol. The molecule has 5 aliphatic carbocycles. The summed E-state index contributed by atoms with van der Waals surface area (Å²) in [6.07, 6.45) is -3.53. The third kappa shape index (κ3) is 5.44. The summed E-state index contributed by atoms with van der Waals surface area (Å²) in [6.45, 7) is 15.4. The minimum atomic E-state index is -1.73. The zero-order chi connectivity index (χ0) is 39.9. The molecule has 0 aromatic carbocycles. The predicted octanol–water partition coefficient (Wildman–Crippen LogP) is 1.78. The van der Waals surface area contributed by atoms with Crippen molar-refractivity contribution in [3.8, 4) is 0 Å². The molecule has 13 nitrogen and oxygen atoms in total. The van der Waals surface area contributed by atoms with Gasteiger partial charge in [-0.2, -0.15) is 0 Å². The molecule has 8 rings (SSSR count). The first-order chi connectivity index (χ1) is 25.7. The van der Waals surface area contributed by atoms with Gasteiger partial charge in [0.15, 0.2) is 12.6 Å². The van der Waals surface area contributed by atoms with E-state index in [1.807, 2.05) is 0 Å². The second-order valence-corrected chi connectivity index (χ2v) is 21.0. The fraction of sp³-hybridized carbons (Fsp3) is 0.952. The van der Waals surface area contributed by atoms with Crippen LogP contribution in [0, 0.1) is 50.2 Å². The number of aliphatic hydroxyl groups is 8. The molecule has 0 radical (unpaired) electrons. The van der Waals surface area contributed by atoms with Gasteiger partial charge in [0, 0.05) is 22.2 Å². The minimum Gasteiger partial charge on any atom is -0.396 e. The van der Waals surface area contributed by atoms with Crippen molar-refractivity contribution >= 4 is 0 Å². The molecule has 3 heterocycles. The van der Waals surface area contributed by atoms with E-state index in [0.717, 1.165) is 38.5 Å².